The molecule has 0 aliphatic carbocycles. The number of ether oxygens (including phenoxy) is 4. The zero-order chi connectivity index (χ0) is 15.8. The molecule has 1 aromatic carbocycles. The largest absolute Gasteiger partial charge is 0.493 e. The number of esters is 2. The zero-order valence-corrected chi connectivity index (χ0v) is 12.7. The van der Waals surface area contributed by atoms with Crippen LogP contribution in [0.1, 0.15) is 24.3 Å². The topological polar surface area (TPSA) is 71.1 Å². The van der Waals surface area contributed by atoms with E-state index in [-0.39, 0.29) is 12.4 Å². The Kier molecular flexibility index (Phi) is 6.52. The van der Waals surface area contributed by atoms with E-state index in [9.17, 15) is 9.59 Å². The van der Waals surface area contributed by atoms with Crippen LogP contribution < -0.4 is 9.47 Å². The molecule has 0 aliphatic heterocycles. The SMILES string of the molecule is COC(=O)CCC(C(=O)OC)c1ccc(OC)c(OC)c1. The van der Waals surface area contributed by atoms with E-state index >= 15 is 0 Å². The Morgan fingerprint density at radius 2 is 1.67 bits per heavy atom. The van der Waals surface area contributed by atoms with E-state index in [1.165, 1.54) is 28.4 Å². The maximum Gasteiger partial charge on any atom is 0.313 e. The first-order valence-electron chi connectivity index (χ1n) is 6.43. The van der Waals surface area contributed by atoms with Gasteiger partial charge in [-0.15, -0.1) is 0 Å². The van der Waals surface area contributed by atoms with Gasteiger partial charge in [-0.25, -0.2) is 0 Å². The normalized spacial score (nSPS) is 11.4. The first kappa shape index (κ1) is 16.8. The van der Waals surface area contributed by atoms with Crippen molar-refractivity contribution in [2.24, 2.45) is 0 Å². The standard InChI is InChI=1S/C15H20O6/c1-18-12-7-5-10(9-13(12)19-2)11(15(17)21-4)6-8-14(16)20-3/h5,7,9,11H,6,8H2,1-4H3. The molecule has 0 heterocycles. The minimum atomic E-state index is -0.561. The fourth-order valence-corrected chi connectivity index (χ4v) is 2.00. The summed E-state index contributed by atoms with van der Waals surface area (Å²) in [6.45, 7) is 0. The Hall–Kier alpha value is -2.24. The monoisotopic (exact) mass is 296 g/mol. The van der Waals surface area contributed by atoms with Gasteiger partial charge in [-0.05, 0) is 24.1 Å². The summed E-state index contributed by atoms with van der Waals surface area (Å²) >= 11 is 0. The molecular weight excluding hydrogens is 276 g/mol. The summed E-state index contributed by atoms with van der Waals surface area (Å²) in [7, 11) is 5.68. The highest BCUT2D eigenvalue weighted by molar-refractivity contribution is 5.79. The molecule has 1 aromatic rings. The second kappa shape index (κ2) is 8.14. The lowest BCUT2D eigenvalue weighted by atomic mass is 9.94. The molecule has 6 nitrogen and oxygen atoms in total. The molecule has 1 unspecified atom stereocenters. The predicted molar refractivity (Wildman–Crippen MR) is 75.6 cm³/mol. The quantitative estimate of drug-likeness (QED) is 0.716. The van der Waals surface area contributed by atoms with Crippen molar-refractivity contribution in [3.8, 4) is 11.5 Å². The summed E-state index contributed by atoms with van der Waals surface area (Å²) in [5.74, 6) is -0.260. The molecule has 0 N–H and O–H groups in total. The van der Waals surface area contributed by atoms with Gasteiger partial charge >= 0.3 is 11.9 Å². The number of carbonyl (C=O) groups excluding carboxylic acids is 2. The number of methoxy groups -OCH3 is 4. The first-order chi connectivity index (χ1) is 10.1. The summed E-state index contributed by atoms with van der Waals surface area (Å²) in [6.07, 6.45) is 0.430. The van der Waals surface area contributed by atoms with E-state index in [1.54, 1.807) is 18.2 Å². The summed E-state index contributed by atoms with van der Waals surface area (Å²) in [5.41, 5.74) is 0.698. The van der Waals surface area contributed by atoms with Crippen molar-refractivity contribution in [3.63, 3.8) is 0 Å². The van der Waals surface area contributed by atoms with Gasteiger partial charge in [0.05, 0.1) is 34.4 Å². The number of carbonyl (C=O) groups is 2. The third-order valence-corrected chi connectivity index (χ3v) is 3.16. The molecule has 0 bridgehead atoms. The molecule has 0 saturated carbocycles. The van der Waals surface area contributed by atoms with Crippen LogP contribution in [0, 0.1) is 0 Å². The maximum absolute atomic E-state index is 11.9. The van der Waals surface area contributed by atoms with Gasteiger partial charge in [0, 0.05) is 6.42 Å². The van der Waals surface area contributed by atoms with Crippen molar-refractivity contribution in [3.05, 3.63) is 23.8 Å². The van der Waals surface area contributed by atoms with Gasteiger partial charge < -0.3 is 18.9 Å². The van der Waals surface area contributed by atoms with Crippen molar-refractivity contribution in [2.45, 2.75) is 18.8 Å². The molecule has 0 fully saturated rings. The third kappa shape index (κ3) is 4.37. The molecule has 1 atom stereocenters. The van der Waals surface area contributed by atoms with Crippen LogP contribution in [-0.4, -0.2) is 40.4 Å². The Balaban J connectivity index is 3.02. The molecule has 0 spiro atoms. The van der Waals surface area contributed by atoms with Crippen LogP contribution >= 0.6 is 0 Å². The van der Waals surface area contributed by atoms with Gasteiger partial charge in [0.1, 0.15) is 0 Å². The third-order valence-electron chi connectivity index (χ3n) is 3.16. The van der Waals surface area contributed by atoms with Crippen LogP contribution in [0.5, 0.6) is 11.5 Å². The van der Waals surface area contributed by atoms with Crippen molar-refractivity contribution in [1.82, 2.24) is 0 Å². The molecule has 1 rings (SSSR count). The first-order valence-corrected chi connectivity index (χ1v) is 6.43. The highest BCUT2D eigenvalue weighted by atomic mass is 16.5. The summed E-state index contributed by atoms with van der Waals surface area (Å²) < 4.78 is 19.8. The lowest BCUT2D eigenvalue weighted by Gasteiger charge is -2.16. The predicted octanol–water partition coefficient (Wildman–Crippen LogP) is 1.91. The Morgan fingerprint density at radius 3 is 2.19 bits per heavy atom. The van der Waals surface area contributed by atoms with Gasteiger partial charge in [0.2, 0.25) is 0 Å². The van der Waals surface area contributed by atoms with Crippen LogP contribution in [0.2, 0.25) is 0 Å². The lowest BCUT2D eigenvalue weighted by molar-refractivity contribution is -0.143. The van der Waals surface area contributed by atoms with Crippen LogP contribution in [0.25, 0.3) is 0 Å². The van der Waals surface area contributed by atoms with E-state index in [0.717, 1.165) is 0 Å². The summed E-state index contributed by atoms with van der Waals surface area (Å²) in [4.78, 5) is 23.2. The second-order valence-electron chi connectivity index (χ2n) is 4.30. The molecule has 6 heteroatoms. The number of rotatable bonds is 7. The van der Waals surface area contributed by atoms with Gasteiger partial charge in [0.25, 0.3) is 0 Å². The number of hydrogen-bond acceptors (Lipinski definition) is 6. The lowest BCUT2D eigenvalue weighted by Crippen LogP contribution is -2.16. The Morgan fingerprint density at radius 1 is 1.00 bits per heavy atom. The maximum atomic E-state index is 11.9. The van der Waals surface area contributed by atoms with Crippen molar-refractivity contribution >= 4 is 11.9 Å². The average molecular weight is 296 g/mol. The van der Waals surface area contributed by atoms with Crippen molar-refractivity contribution in [1.29, 1.82) is 0 Å². The highest BCUT2D eigenvalue weighted by Gasteiger charge is 2.24. The van der Waals surface area contributed by atoms with E-state index in [0.29, 0.717) is 23.5 Å². The number of hydrogen-bond donors (Lipinski definition) is 0. The van der Waals surface area contributed by atoms with Crippen LogP contribution in [0.3, 0.4) is 0 Å². The molecular formula is C15H20O6. The minimum absolute atomic E-state index is 0.130. The minimum Gasteiger partial charge on any atom is -0.493 e. The van der Waals surface area contributed by atoms with Gasteiger partial charge in [-0.3, -0.25) is 9.59 Å². The Labute approximate surface area is 123 Å². The van der Waals surface area contributed by atoms with Gasteiger partial charge in [0.15, 0.2) is 11.5 Å². The van der Waals surface area contributed by atoms with E-state index in [1.807, 2.05) is 0 Å². The molecule has 0 saturated heterocycles. The van der Waals surface area contributed by atoms with Gasteiger partial charge in [-0.1, -0.05) is 6.07 Å². The van der Waals surface area contributed by atoms with E-state index < -0.39 is 11.9 Å². The van der Waals surface area contributed by atoms with E-state index in [2.05, 4.69) is 4.74 Å². The van der Waals surface area contributed by atoms with E-state index in [4.69, 9.17) is 14.2 Å². The number of benzene rings is 1. The average Bonchev–Trinajstić information content (AvgIpc) is 2.53. The molecule has 0 aliphatic rings. The highest BCUT2D eigenvalue weighted by Crippen LogP contribution is 2.32. The fourth-order valence-electron chi connectivity index (χ4n) is 2.00. The van der Waals surface area contributed by atoms with Crippen LogP contribution in [0.4, 0.5) is 0 Å². The zero-order valence-electron chi connectivity index (χ0n) is 12.7. The van der Waals surface area contributed by atoms with Crippen LogP contribution in [0.15, 0.2) is 18.2 Å². The van der Waals surface area contributed by atoms with Crippen LogP contribution in [-0.2, 0) is 19.1 Å². The fraction of sp³-hybridized carbons (Fsp3) is 0.467. The molecule has 0 aromatic heterocycles. The molecule has 116 valence electrons. The summed E-state index contributed by atoms with van der Waals surface area (Å²) in [6, 6.07) is 5.17. The molecule has 0 amide bonds. The smallest absolute Gasteiger partial charge is 0.313 e. The summed E-state index contributed by atoms with van der Waals surface area (Å²) in [5, 5.41) is 0. The van der Waals surface area contributed by atoms with Gasteiger partial charge in [-0.2, -0.15) is 0 Å². The Bertz CT molecular complexity index is 497. The second-order valence-corrected chi connectivity index (χ2v) is 4.30. The molecule has 0 radical (unpaired) electrons. The van der Waals surface area contributed by atoms with Crippen molar-refractivity contribution in [2.75, 3.05) is 28.4 Å². The van der Waals surface area contributed by atoms with Crippen molar-refractivity contribution < 1.29 is 28.5 Å². The molecule has 21 heavy (non-hydrogen) atoms.